The van der Waals surface area contributed by atoms with Crippen molar-refractivity contribution in [2.75, 3.05) is 5.32 Å². The summed E-state index contributed by atoms with van der Waals surface area (Å²) >= 11 is 0. The van der Waals surface area contributed by atoms with E-state index in [1.54, 1.807) is 0 Å². The zero-order valence-electron chi connectivity index (χ0n) is 13.6. The summed E-state index contributed by atoms with van der Waals surface area (Å²) in [5.41, 5.74) is 3.84. The molecule has 2 heterocycles. The quantitative estimate of drug-likeness (QED) is 0.753. The van der Waals surface area contributed by atoms with Gasteiger partial charge in [-0.15, -0.1) is 0 Å². The summed E-state index contributed by atoms with van der Waals surface area (Å²) in [6.45, 7) is 2.04. The molecule has 3 aromatic rings. The Morgan fingerprint density at radius 2 is 2.17 bits per heavy atom. The number of oxazole rings is 1. The van der Waals surface area contributed by atoms with E-state index >= 15 is 0 Å². The summed E-state index contributed by atoms with van der Waals surface area (Å²) in [7, 11) is 0. The molecule has 0 bridgehead atoms. The molecule has 0 radical (unpaired) electrons. The minimum atomic E-state index is -0.186. The largest absolute Gasteiger partial charge is 0.424 e. The van der Waals surface area contributed by atoms with Gasteiger partial charge in [-0.2, -0.15) is 4.98 Å². The van der Waals surface area contributed by atoms with E-state index in [-0.39, 0.29) is 12.1 Å². The molecular weight excluding hydrogens is 302 g/mol. The van der Waals surface area contributed by atoms with E-state index in [1.165, 1.54) is 0 Å². The first kappa shape index (κ1) is 15.1. The van der Waals surface area contributed by atoms with Crippen molar-refractivity contribution in [3.05, 3.63) is 53.9 Å². The molecule has 1 aliphatic rings. The Bertz CT molecular complexity index is 825. The van der Waals surface area contributed by atoms with Gasteiger partial charge in [0, 0.05) is 24.4 Å². The van der Waals surface area contributed by atoms with Gasteiger partial charge in [-0.3, -0.25) is 4.98 Å². The first-order valence-corrected chi connectivity index (χ1v) is 8.39. The zero-order valence-corrected chi connectivity index (χ0v) is 13.6. The molecular formula is C19H21N3O2. The Kier molecular flexibility index (Phi) is 3.94. The molecule has 4 rings (SSSR count). The third-order valence-corrected chi connectivity index (χ3v) is 4.73. The molecule has 0 spiro atoms. The van der Waals surface area contributed by atoms with Crippen LogP contribution in [-0.4, -0.2) is 27.2 Å². The number of aromatic nitrogens is 2. The van der Waals surface area contributed by atoms with Crippen LogP contribution in [0.15, 0.2) is 47.0 Å². The van der Waals surface area contributed by atoms with Gasteiger partial charge in [0.2, 0.25) is 0 Å². The third kappa shape index (κ3) is 3.12. The highest BCUT2D eigenvalue weighted by molar-refractivity contribution is 5.75. The highest BCUT2D eigenvalue weighted by Crippen LogP contribution is 2.33. The number of aliphatic hydroxyl groups is 1. The summed E-state index contributed by atoms with van der Waals surface area (Å²) in [6, 6.07) is 12.6. The van der Waals surface area contributed by atoms with Crippen molar-refractivity contribution in [2.45, 2.75) is 38.3 Å². The van der Waals surface area contributed by atoms with Crippen LogP contribution in [0, 0.1) is 12.8 Å². The molecule has 0 unspecified atom stereocenters. The average Bonchev–Trinajstić information content (AvgIpc) is 2.93. The van der Waals surface area contributed by atoms with E-state index < -0.39 is 0 Å². The maximum absolute atomic E-state index is 9.66. The normalized spacial score (nSPS) is 21.4. The van der Waals surface area contributed by atoms with Crippen LogP contribution in [0.2, 0.25) is 0 Å². The first-order chi connectivity index (χ1) is 11.7. The molecule has 1 saturated carbocycles. The number of pyridine rings is 1. The summed E-state index contributed by atoms with van der Waals surface area (Å²) in [6.07, 6.45) is 4.03. The van der Waals surface area contributed by atoms with Gasteiger partial charge in [0.1, 0.15) is 5.52 Å². The van der Waals surface area contributed by atoms with Gasteiger partial charge in [0.05, 0.1) is 6.10 Å². The molecule has 0 amide bonds. The number of rotatable bonds is 5. The van der Waals surface area contributed by atoms with Gasteiger partial charge in [0.15, 0.2) is 5.58 Å². The highest BCUT2D eigenvalue weighted by atomic mass is 16.4. The predicted octanol–water partition coefficient (Wildman–Crippen LogP) is 3.33. The minimum Gasteiger partial charge on any atom is -0.424 e. The molecule has 1 aliphatic carbocycles. The van der Waals surface area contributed by atoms with Crippen LogP contribution in [0.3, 0.4) is 0 Å². The van der Waals surface area contributed by atoms with Crippen LogP contribution < -0.4 is 5.32 Å². The topological polar surface area (TPSA) is 71.2 Å². The molecule has 0 aliphatic heterocycles. The Hall–Kier alpha value is -2.40. The zero-order chi connectivity index (χ0) is 16.5. The van der Waals surface area contributed by atoms with E-state index in [0.29, 0.717) is 11.9 Å². The number of nitrogens with one attached hydrogen (secondary N) is 1. The smallest absolute Gasteiger partial charge is 0.295 e. The number of aliphatic hydroxyl groups excluding tert-OH is 1. The lowest BCUT2D eigenvalue weighted by Gasteiger charge is -2.37. The van der Waals surface area contributed by atoms with Crippen LogP contribution in [-0.2, 0) is 6.42 Å². The SMILES string of the molecule is Cc1ccc2oc(N[C@H](Cc3ccccn3)C3CC(O)C3)nc2c1. The number of fused-ring (bicyclic) bond motifs is 1. The molecule has 5 nitrogen and oxygen atoms in total. The standard InChI is InChI=1S/C19H21N3O2/c1-12-5-6-18-17(8-12)22-19(24-18)21-16(13-9-15(23)10-13)11-14-4-2-3-7-20-14/h2-8,13,15-16,23H,9-11H2,1H3,(H,21,22)/t13?,15?,16-/m1/s1. The molecule has 5 heteroatoms. The van der Waals surface area contributed by atoms with E-state index in [0.717, 1.165) is 41.6 Å². The van der Waals surface area contributed by atoms with Crippen LogP contribution in [0.1, 0.15) is 24.1 Å². The van der Waals surface area contributed by atoms with Crippen molar-refractivity contribution < 1.29 is 9.52 Å². The lowest BCUT2D eigenvalue weighted by Crippen LogP contribution is -2.42. The number of nitrogens with zero attached hydrogens (tertiary/aromatic N) is 2. The predicted molar refractivity (Wildman–Crippen MR) is 92.8 cm³/mol. The summed E-state index contributed by atoms with van der Waals surface area (Å²) < 4.78 is 5.83. The van der Waals surface area contributed by atoms with Gasteiger partial charge in [-0.1, -0.05) is 12.1 Å². The Morgan fingerprint density at radius 3 is 2.92 bits per heavy atom. The summed E-state index contributed by atoms with van der Waals surface area (Å²) in [5.74, 6) is 0.402. The highest BCUT2D eigenvalue weighted by Gasteiger charge is 2.34. The second-order valence-electron chi connectivity index (χ2n) is 6.65. The number of hydrogen-bond acceptors (Lipinski definition) is 5. The van der Waals surface area contributed by atoms with Crippen molar-refractivity contribution in [1.29, 1.82) is 0 Å². The number of hydrogen-bond donors (Lipinski definition) is 2. The van der Waals surface area contributed by atoms with Crippen molar-refractivity contribution in [2.24, 2.45) is 5.92 Å². The molecule has 124 valence electrons. The lowest BCUT2D eigenvalue weighted by atomic mass is 9.76. The number of aryl methyl sites for hydroxylation is 1. The van der Waals surface area contributed by atoms with Gasteiger partial charge in [-0.05, 0) is 55.5 Å². The summed E-state index contributed by atoms with van der Waals surface area (Å²) in [4.78, 5) is 8.97. The Morgan fingerprint density at radius 1 is 1.29 bits per heavy atom. The van der Waals surface area contributed by atoms with Gasteiger partial charge < -0.3 is 14.8 Å². The fraction of sp³-hybridized carbons (Fsp3) is 0.368. The molecule has 2 aromatic heterocycles. The lowest BCUT2D eigenvalue weighted by molar-refractivity contribution is 0.0337. The van der Waals surface area contributed by atoms with Crippen molar-refractivity contribution >= 4 is 17.1 Å². The molecule has 2 N–H and O–H groups in total. The average molecular weight is 323 g/mol. The van der Waals surface area contributed by atoms with Crippen LogP contribution in [0.5, 0.6) is 0 Å². The fourth-order valence-corrected chi connectivity index (χ4v) is 3.30. The second kappa shape index (κ2) is 6.24. The molecule has 1 aromatic carbocycles. The van der Waals surface area contributed by atoms with Crippen molar-refractivity contribution in [1.82, 2.24) is 9.97 Å². The summed E-state index contributed by atoms with van der Waals surface area (Å²) in [5, 5.41) is 13.1. The minimum absolute atomic E-state index is 0.150. The maximum atomic E-state index is 9.66. The molecule has 1 fully saturated rings. The molecule has 1 atom stereocenters. The van der Waals surface area contributed by atoms with Crippen molar-refractivity contribution in [3.63, 3.8) is 0 Å². The molecule has 24 heavy (non-hydrogen) atoms. The Labute approximate surface area is 140 Å². The van der Waals surface area contributed by atoms with Gasteiger partial charge in [0.25, 0.3) is 6.01 Å². The molecule has 0 saturated heterocycles. The van der Waals surface area contributed by atoms with Crippen molar-refractivity contribution in [3.8, 4) is 0 Å². The Balaban J connectivity index is 1.55. The maximum Gasteiger partial charge on any atom is 0.295 e. The van der Waals surface area contributed by atoms with E-state index in [4.69, 9.17) is 4.42 Å². The monoisotopic (exact) mass is 323 g/mol. The van der Waals surface area contributed by atoms with Crippen LogP contribution in [0.25, 0.3) is 11.1 Å². The van der Waals surface area contributed by atoms with Gasteiger partial charge >= 0.3 is 0 Å². The second-order valence-corrected chi connectivity index (χ2v) is 6.65. The number of benzene rings is 1. The van der Waals surface area contributed by atoms with E-state index in [1.807, 2.05) is 49.5 Å². The van der Waals surface area contributed by atoms with Crippen LogP contribution in [0.4, 0.5) is 6.01 Å². The fourth-order valence-electron chi connectivity index (χ4n) is 3.30. The van der Waals surface area contributed by atoms with E-state index in [2.05, 4.69) is 15.3 Å². The first-order valence-electron chi connectivity index (χ1n) is 8.39. The third-order valence-electron chi connectivity index (χ3n) is 4.73. The number of anilines is 1. The van der Waals surface area contributed by atoms with E-state index in [9.17, 15) is 5.11 Å². The van der Waals surface area contributed by atoms with Gasteiger partial charge in [-0.25, -0.2) is 0 Å². The van der Waals surface area contributed by atoms with Crippen LogP contribution >= 0.6 is 0 Å².